The largest absolute Gasteiger partial charge is 0.478 e. The second-order valence-electron chi connectivity index (χ2n) is 4.88. The molecule has 0 unspecified atom stereocenters. The molecule has 0 spiro atoms. The predicted molar refractivity (Wildman–Crippen MR) is 64.5 cm³/mol. The fourth-order valence-electron chi connectivity index (χ4n) is 1.98. The maximum atomic E-state index is 10.6. The minimum atomic E-state index is -0.885. The number of nitrogens with zero attached hydrogens (tertiary/aromatic N) is 2. The molecule has 0 aliphatic carbocycles. The van der Waals surface area contributed by atoms with Crippen LogP contribution in [0.1, 0.15) is 13.8 Å². The molecule has 0 aromatic heterocycles. The summed E-state index contributed by atoms with van der Waals surface area (Å²) >= 11 is 0. The zero-order valence-corrected chi connectivity index (χ0v) is 10.3. The van der Waals surface area contributed by atoms with Crippen molar-refractivity contribution in [3.8, 4) is 0 Å². The Bertz CT molecular complexity index is 256. The van der Waals surface area contributed by atoms with Gasteiger partial charge < -0.3 is 10.0 Å². The summed E-state index contributed by atoms with van der Waals surface area (Å²) in [6, 6.07) is 0. The summed E-state index contributed by atoms with van der Waals surface area (Å²) in [6.07, 6.45) is 0. The zero-order valence-electron chi connectivity index (χ0n) is 10.3. The van der Waals surface area contributed by atoms with E-state index in [1.54, 1.807) is 0 Å². The molecule has 92 valence electrons. The van der Waals surface area contributed by atoms with Gasteiger partial charge in [0.1, 0.15) is 0 Å². The Balaban J connectivity index is 2.27. The standard InChI is InChI=1S/C12H22N2O2/c1-10(2)8-13-4-6-14(7-5-13)9-11(3)12(15)16/h10H,3-9H2,1-2H3,(H,15,16). The molecule has 0 aromatic carbocycles. The number of hydrogen-bond acceptors (Lipinski definition) is 3. The number of hydrogen-bond donors (Lipinski definition) is 1. The third kappa shape index (κ3) is 4.33. The van der Waals surface area contributed by atoms with Gasteiger partial charge in [-0.15, -0.1) is 0 Å². The van der Waals surface area contributed by atoms with Gasteiger partial charge in [0, 0.05) is 44.8 Å². The second-order valence-corrected chi connectivity index (χ2v) is 4.88. The highest BCUT2D eigenvalue weighted by Gasteiger charge is 2.19. The van der Waals surface area contributed by atoms with E-state index in [9.17, 15) is 4.79 Å². The summed E-state index contributed by atoms with van der Waals surface area (Å²) < 4.78 is 0. The molecule has 0 saturated carbocycles. The Morgan fingerprint density at radius 1 is 1.25 bits per heavy atom. The molecule has 1 aliphatic rings. The molecule has 1 saturated heterocycles. The van der Waals surface area contributed by atoms with E-state index >= 15 is 0 Å². The maximum absolute atomic E-state index is 10.6. The van der Waals surface area contributed by atoms with Crippen molar-refractivity contribution in [2.75, 3.05) is 39.3 Å². The topological polar surface area (TPSA) is 43.8 Å². The van der Waals surface area contributed by atoms with Gasteiger partial charge in [0.05, 0.1) is 0 Å². The van der Waals surface area contributed by atoms with Crippen molar-refractivity contribution in [1.82, 2.24) is 9.80 Å². The van der Waals surface area contributed by atoms with Crippen molar-refractivity contribution < 1.29 is 9.90 Å². The van der Waals surface area contributed by atoms with Gasteiger partial charge in [-0.1, -0.05) is 20.4 Å². The van der Waals surface area contributed by atoms with E-state index in [-0.39, 0.29) is 5.57 Å². The molecule has 0 bridgehead atoms. The molecular formula is C12H22N2O2. The van der Waals surface area contributed by atoms with Crippen molar-refractivity contribution in [1.29, 1.82) is 0 Å². The number of carboxylic acids is 1. The summed E-state index contributed by atoms with van der Waals surface area (Å²) in [5.74, 6) is -0.190. The lowest BCUT2D eigenvalue weighted by Gasteiger charge is -2.35. The van der Waals surface area contributed by atoms with Crippen LogP contribution in [0.3, 0.4) is 0 Å². The van der Waals surface area contributed by atoms with Crippen LogP contribution < -0.4 is 0 Å². The van der Waals surface area contributed by atoms with Gasteiger partial charge in [0.15, 0.2) is 0 Å². The number of aliphatic carboxylic acids is 1. The SMILES string of the molecule is C=C(CN1CCN(CC(C)C)CC1)C(=O)O. The van der Waals surface area contributed by atoms with Crippen LogP contribution in [0.4, 0.5) is 0 Å². The molecule has 1 heterocycles. The van der Waals surface area contributed by atoms with E-state index in [0.29, 0.717) is 12.5 Å². The molecule has 0 radical (unpaired) electrons. The lowest BCUT2D eigenvalue weighted by molar-refractivity contribution is -0.132. The summed E-state index contributed by atoms with van der Waals surface area (Å²) in [6.45, 7) is 13.6. The van der Waals surface area contributed by atoms with Crippen LogP contribution in [0.15, 0.2) is 12.2 Å². The predicted octanol–water partition coefficient (Wildman–Crippen LogP) is 0.901. The van der Waals surface area contributed by atoms with Crippen LogP contribution in [0.5, 0.6) is 0 Å². The van der Waals surface area contributed by atoms with Crippen LogP contribution in [0.25, 0.3) is 0 Å². The normalized spacial score (nSPS) is 18.9. The fraction of sp³-hybridized carbons (Fsp3) is 0.750. The van der Waals surface area contributed by atoms with Crippen LogP contribution in [0.2, 0.25) is 0 Å². The van der Waals surface area contributed by atoms with Crippen molar-refractivity contribution in [3.05, 3.63) is 12.2 Å². The third-order valence-corrected chi connectivity index (χ3v) is 2.81. The molecule has 0 aromatic rings. The monoisotopic (exact) mass is 226 g/mol. The fourth-order valence-corrected chi connectivity index (χ4v) is 1.98. The minimum Gasteiger partial charge on any atom is -0.478 e. The van der Waals surface area contributed by atoms with Crippen molar-refractivity contribution in [3.63, 3.8) is 0 Å². The first-order valence-electron chi connectivity index (χ1n) is 5.85. The van der Waals surface area contributed by atoms with Crippen molar-refractivity contribution in [2.45, 2.75) is 13.8 Å². The highest BCUT2D eigenvalue weighted by atomic mass is 16.4. The van der Waals surface area contributed by atoms with Crippen LogP contribution >= 0.6 is 0 Å². The van der Waals surface area contributed by atoms with E-state index in [1.165, 1.54) is 0 Å². The Kier molecular flexibility index (Phi) is 4.96. The van der Waals surface area contributed by atoms with Gasteiger partial charge >= 0.3 is 5.97 Å². The highest BCUT2D eigenvalue weighted by molar-refractivity contribution is 5.86. The van der Waals surface area contributed by atoms with E-state index in [1.807, 2.05) is 0 Å². The quantitative estimate of drug-likeness (QED) is 0.707. The average Bonchev–Trinajstić information content (AvgIpc) is 2.20. The smallest absolute Gasteiger partial charge is 0.332 e. The lowest BCUT2D eigenvalue weighted by Crippen LogP contribution is -2.48. The second kappa shape index (κ2) is 6.01. The van der Waals surface area contributed by atoms with Crippen molar-refractivity contribution in [2.24, 2.45) is 5.92 Å². The molecule has 1 N–H and O–H groups in total. The first kappa shape index (κ1) is 13.2. The van der Waals surface area contributed by atoms with Crippen LogP contribution in [-0.4, -0.2) is 60.1 Å². The lowest BCUT2D eigenvalue weighted by atomic mass is 10.2. The van der Waals surface area contributed by atoms with E-state index in [0.717, 1.165) is 32.7 Å². The molecule has 4 heteroatoms. The molecule has 4 nitrogen and oxygen atoms in total. The van der Waals surface area contributed by atoms with Gasteiger partial charge in [0.25, 0.3) is 0 Å². The third-order valence-electron chi connectivity index (χ3n) is 2.81. The first-order chi connectivity index (χ1) is 7.49. The highest BCUT2D eigenvalue weighted by Crippen LogP contribution is 2.06. The Labute approximate surface area is 97.5 Å². The van der Waals surface area contributed by atoms with Gasteiger partial charge in [-0.05, 0) is 5.92 Å². The van der Waals surface area contributed by atoms with Crippen molar-refractivity contribution >= 4 is 5.97 Å². The average molecular weight is 226 g/mol. The zero-order chi connectivity index (χ0) is 12.1. The number of rotatable bonds is 5. The summed E-state index contributed by atoms with van der Waals surface area (Å²) in [7, 11) is 0. The molecule has 0 atom stereocenters. The van der Waals surface area contributed by atoms with Gasteiger partial charge in [-0.25, -0.2) is 4.79 Å². The van der Waals surface area contributed by atoms with Crippen LogP contribution in [-0.2, 0) is 4.79 Å². The van der Waals surface area contributed by atoms with E-state index in [2.05, 4.69) is 30.2 Å². The molecule has 1 fully saturated rings. The summed E-state index contributed by atoms with van der Waals surface area (Å²) in [4.78, 5) is 15.2. The van der Waals surface area contributed by atoms with Gasteiger partial charge in [0.2, 0.25) is 0 Å². The molecule has 16 heavy (non-hydrogen) atoms. The summed E-state index contributed by atoms with van der Waals surface area (Å²) in [5, 5.41) is 8.75. The maximum Gasteiger partial charge on any atom is 0.332 e. The molecule has 1 aliphatic heterocycles. The Morgan fingerprint density at radius 3 is 2.19 bits per heavy atom. The number of carboxylic acid groups (broad SMARTS) is 1. The molecule has 0 amide bonds. The number of piperazine rings is 1. The summed E-state index contributed by atoms with van der Waals surface area (Å²) in [5.41, 5.74) is 0.289. The van der Waals surface area contributed by atoms with Gasteiger partial charge in [-0.3, -0.25) is 4.90 Å². The first-order valence-corrected chi connectivity index (χ1v) is 5.85. The van der Waals surface area contributed by atoms with E-state index < -0.39 is 5.97 Å². The Hall–Kier alpha value is -0.870. The van der Waals surface area contributed by atoms with Crippen LogP contribution in [0, 0.1) is 5.92 Å². The number of carbonyl (C=O) groups is 1. The molecule has 1 rings (SSSR count). The molecular weight excluding hydrogens is 204 g/mol. The van der Waals surface area contributed by atoms with E-state index in [4.69, 9.17) is 5.11 Å². The van der Waals surface area contributed by atoms with Gasteiger partial charge in [-0.2, -0.15) is 0 Å². The Morgan fingerprint density at radius 2 is 1.75 bits per heavy atom. The minimum absolute atomic E-state index is 0.289.